The summed E-state index contributed by atoms with van der Waals surface area (Å²) < 4.78 is 24.8. The summed E-state index contributed by atoms with van der Waals surface area (Å²) in [6.07, 6.45) is 7.32. The van der Waals surface area contributed by atoms with E-state index in [1.807, 2.05) is 0 Å². The molecular formula is C13H25NO2S. The topological polar surface area (TPSA) is 60.2 Å². The Morgan fingerprint density at radius 2 is 1.76 bits per heavy atom. The molecule has 0 amide bonds. The van der Waals surface area contributed by atoms with E-state index >= 15 is 0 Å². The average Bonchev–Trinajstić information content (AvgIpc) is 2.73. The SMILES string of the molecule is CC1CCC(N)C(S(=O)(=O)CC2CCCC2)C1. The second-order valence-electron chi connectivity index (χ2n) is 6.10. The van der Waals surface area contributed by atoms with Gasteiger partial charge in [-0.05, 0) is 43.9 Å². The van der Waals surface area contributed by atoms with Crippen molar-refractivity contribution in [1.29, 1.82) is 0 Å². The molecule has 2 aliphatic carbocycles. The van der Waals surface area contributed by atoms with Crippen molar-refractivity contribution in [3.8, 4) is 0 Å². The zero-order valence-electron chi connectivity index (χ0n) is 10.8. The Morgan fingerprint density at radius 3 is 2.41 bits per heavy atom. The molecule has 0 radical (unpaired) electrons. The fourth-order valence-electron chi connectivity index (χ4n) is 3.39. The maximum atomic E-state index is 12.4. The maximum absolute atomic E-state index is 12.4. The first-order valence-electron chi connectivity index (χ1n) is 6.96. The maximum Gasteiger partial charge on any atom is 0.154 e. The van der Waals surface area contributed by atoms with Gasteiger partial charge in [0.25, 0.3) is 0 Å². The van der Waals surface area contributed by atoms with Crippen LogP contribution in [0, 0.1) is 11.8 Å². The lowest BCUT2D eigenvalue weighted by atomic mass is 9.87. The van der Waals surface area contributed by atoms with Gasteiger partial charge >= 0.3 is 0 Å². The van der Waals surface area contributed by atoms with Gasteiger partial charge in [0.15, 0.2) is 9.84 Å². The monoisotopic (exact) mass is 259 g/mol. The van der Waals surface area contributed by atoms with Crippen LogP contribution in [0.1, 0.15) is 51.9 Å². The Kier molecular flexibility index (Phi) is 4.14. The molecule has 0 spiro atoms. The Labute approximate surface area is 105 Å². The normalized spacial score (nSPS) is 36.2. The lowest BCUT2D eigenvalue weighted by Gasteiger charge is -2.32. The van der Waals surface area contributed by atoms with Crippen LogP contribution >= 0.6 is 0 Å². The van der Waals surface area contributed by atoms with Gasteiger partial charge in [0.1, 0.15) is 0 Å². The Bertz CT molecular complexity index is 346. The van der Waals surface area contributed by atoms with Gasteiger partial charge in [-0.2, -0.15) is 0 Å². The van der Waals surface area contributed by atoms with Crippen molar-refractivity contribution in [2.45, 2.75) is 63.2 Å². The molecule has 2 aliphatic rings. The van der Waals surface area contributed by atoms with Crippen LogP contribution in [0.15, 0.2) is 0 Å². The van der Waals surface area contributed by atoms with Gasteiger partial charge in [-0.15, -0.1) is 0 Å². The van der Waals surface area contributed by atoms with E-state index in [2.05, 4.69) is 6.92 Å². The number of hydrogen-bond acceptors (Lipinski definition) is 3. The molecule has 2 fully saturated rings. The van der Waals surface area contributed by atoms with Crippen molar-refractivity contribution in [2.75, 3.05) is 5.75 Å². The molecule has 2 N–H and O–H groups in total. The second kappa shape index (κ2) is 5.27. The smallest absolute Gasteiger partial charge is 0.154 e. The van der Waals surface area contributed by atoms with Crippen molar-refractivity contribution in [3.63, 3.8) is 0 Å². The molecule has 100 valence electrons. The standard InChI is InChI=1S/C13H25NO2S/c1-10-6-7-12(14)13(8-10)17(15,16)9-11-4-2-3-5-11/h10-13H,2-9,14H2,1H3. The third-order valence-electron chi connectivity index (χ3n) is 4.51. The van der Waals surface area contributed by atoms with Gasteiger partial charge in [-0.1, -0.05) is 19.8 Å². The fraction of sp³-hybridized carbons (Fsp3) is 1.00. The van der Waals surface area contributed by atoms with Crippen LogP contribution in [0.2, 0.25) is 0 Å². The molecule has 0 aliphatic heterocycles. The summed E-state index contributed by atoms with van der Waals surface area (Å²) in [6.45, 7) is 2.14. The van der Waals surface area contributed by atoms with Crippen LogP contribution < -0.4 is 5.73 Å². The molecule has 17 heavy (non-hydrogen) atoms. The fourth-order valence-corrected chi connectivity index (χ4v) is 5.92. The van der Waals surface area contributed by atoms with Gasteiger partial charge in [0.05, 0.1) is 11.0 Å². The molecule has 0 aromatic carbocycles. The van der Waals surface area contributed by atoms with Crippen molar-refractivity contribution >= 4 is 9.84 Å². The molecule has 2 saturated carbocycles. The highest BCUT2D eigenvalue weighted by Crippen LogP contribution is 2.32. The highest BCUT2D eigenvalue weighted by molar-refractivity contribution is 7.92. The molecule has 0 aromatic heterocycles. The van der Waals surface area contributed by atoms with E-state index < -0.39 is 9.84 Å². The van der Waals surface area contributed by atoms with E-state index in [-0.39, 0.29) is 11.3 Å². The largest absolute Gasteiger partial charge is 0.327 e. The van der Waals surface area contributed by atoms with Gasteiger partial charge in [-0.3, -0.25) is 0 Å². The van der Waals surface area contributed by atoms with Gasteiger partial charge in [0.2, 0.25) is 0 Å². The van der Waals surface area contributed by atoms with Gasteiger partial charge in [0, 0.05) is 6.04 Å². The van der Waals surface area contributed by atoms with Crippen molar-refractivity contribution < 1.29 is 8.42 Å². The Morgan fingerprint density at radius 1 is 1.12 bits per heavy atom. The van der Waals surface area contributed by atoms with E-state index in [0.29, 0.717) is 17.6 Å². The summed E-state index contributed by atoms with van der Waals surface area (Å²) in [5.74, 6) is 1.31. The molecule has 4 heteroatoms. The minimum Gasteiger partial charge on any atom is -0.327 e. The van der Waals surface area contributed by atoms with Crippen LogP contribution in [0.3, 0.4) is 0 Å². The van der Waals surface area contributed by atoms with E-state index in [1.54, 1.807) is 0 Å². The molecular weight excluding hydrogens is 234 g/mol. The highest BCUT2D eigenvalue weighted by Gasteiger charge is 2.37. The van der Waals surface area contributed by atoms with Crippen molar-refractivity contribution in [3.05, 3.63) is 0 Å². The van der Waals surface area contributed by atoms with Crippen molar-refractivity contribution in [2.24, 2.45) is 17.6 Å². The summed E-state index contributed by atoms with van der Waals surface area (Å²) in [7, 11) is -2.97. The summed E-state index contributed by atoms with van der Waals surface area (Å²) in [5.41, 5.74) is 6.02. The van der Waals surface area contributed by atoms with E-state index in [4.69, 9.17) is 5.73 Å². The van der Waals surface area contributed by atoms with Crippen LogP contribution in [-0.2, 0) is 9.84 Å². The predicted octanol–water partition coefficient (Wildman–Crippen LogP) is 2.11. The first kappa shape index (κ1) is 13.3. The Balaban J connectivity index is 2.02. The molecule has 0 aromatic rings. The third-order valence-corrected chi connectivity index (χ3v) is 6.91. The Hall–Kier alpha value is -0.0900. The van der Waals surface area contributed by atoms with Crippen LogP contribution in [0.25, 0.3) is 0 Å². The van der Waals surface area contributed by atoms with E-state index in [0.717, 1.165) is 32.1 Å². The molecule has 3 nitrogen and oxygen atoms in total. The summed E-state index contributed by atoms with van der Waals surface area (Å²) >= 11 is 0. The molecule has 0 heterocycles. The summed E-state index contributed by atoms with van der Waals surface area (Å²) in [4.78, 5) is 0. The molecule has 3 unspecified atom stereocenters. The lowest BCUT2D eigenvalue weighted by Crippen LogP contribution is -2.46. The van der Waals surface area contributed by atoms with Gasteiger partial charge in [-0.25, -0.2) is 8.42 Å². The highest BCUT2D eigenvalue weighted by atomic mass is 32.2. The van der Waals surface area contributed by atoms with Crippen molar-refractivity contribution in [1.82, 2.24) is 0 Å². The van der Waals surface area contributed by atoms with Crippen LogP contribution in [-0.4, -0.2) is 25.5 Å². The van der Waals surface area contributed by atoms with Crippen LogP contribution in [0.4, 0.5) is 0 Å². The zero-order valence-corrected chi connectivity index (χ0v) is 11.6. The molecule has 0 saturated heterocycles. The summed E-state index contributed by atoms with van der Waals surface area (Å²) in [6, 6.07) is -0.127. The molecule has 2 rings (SSSR count). The van der Waals surface area contributed by atoms with Crippen LogP contribution in [0.5, 0.6) is 0 Å². The van der Waals surface area contributed by atoms with E-state index in [9.17, 15) is 8.42 Å². The average molecular weight is 259 g/mol. The van der Waals surface area contributed by atoms with E-state index in [1.165, 1.54) is 12.8 Å². The number of rotatable bonds is 3. The minimum atomic E-state index is -2.97. The molecule has 0 bridgehead atoms. The quantitative estimate of drug-likeness (QED) is 0.844. The number of sulfone groups is 1. The first-order valence-corrected chi connectivity index (χ1v) is 8.67. The number of hydrogen-bond donors (Lipinski definition) is 1. The summed E-state index contributed by atoms with van der Waals surface area (Å²) in [5, 5.41) is -0.271. The second-order valence-corrected chi connectivity index (χ2v) is 8.37. The predicted molar refractivity (Wildman–Crippen MR) is 70.5 cm³/mol. The third kappa shape index (κ3) is 3.22. The zero-order chi connectivity index (χ0) is 12.5. The number of nitrogens with two attached hydrogens (primary N) is 1. The molecule has 3 atom stereocenters. The first-order chi connectivity index (χ1) is 7.99. The lowest BCUT2D eigenvalue weighted by molar-refractivity contribution is 0.345. The van der Waals surface area contributed by atoms with Gasteiger partial charge < -0.3 is 5.73 Å². The minimum absolute atomic E-state index is 0.127.